The molecule has 0 radical (unpaired) electrons. The predicted octanol–water partition coefficient (Wildman–Crippen LogP) is 1.65. The Bertz CT molecular complexity index is 144. The zero-order chi connectivity index (χ0) is 8.27. The molecule has 0 saturated carbocycles. The van der Waals surface area contributed by atoms with Gasteiger partial charge in [-0.15, -0.1) is 0 Å². The van der Waals surface area contributed by atoms with Crippen LogP contribution in [-0.4, -0.2) is 24.4 Å². The standard InChI is InChI=1S/C9H17NO/c1-3-8-4-5-9(11)10(2)7-6-8/h8H,3-7H2,1-2H3. The van der Waals surface area contributed by atoms with Crippen molar-refractivity contribution in [1.82, 2.24) is 4.90 Å². The molecule has 1 fully saturated rings. The molecule has 0 spiro atoms. The van der Waals surface area contributed by atoms with Crippen molar-refractivity contribution in [3.63, 3.8) is 0 Å². The summed E-state index contributed by atoms with van der Waals surface area (Å²) in [7, 11) is 1.90. The maximum absolute atomic E-state index is 11.2. The Morgan fingerprint density at radius 2 is 2.27 bits per heavy atom. The van der Waals surface area contributed by atoms with E-state index < -0.39 is 0 Å². The van der Waals surface area contributed by atoms with Crippen molar-refractivity contribution in [3.05, 3.63) is 0 Å². The van der Waals surface area contributed by atoms with E-state index in [-0.39, 0.29) is 0 Å². The summed E-state index contributed by atoms with van der Waals surface area (Å²) in [5.74, 6) is 1.10. The molecule has 2 nitrogen and oxygen atoms in total. The third-order valence-electron chi connectivity index (χ3n) is 2.64. The molecule has 2 heteroatoms. The molecule has 11 heavy (non-hydrogen) atoms. The fraction of sp³-hybridized carbons (Fsp3) is 0.889. The summed E-state index contributed by atoms with van der Waals surface area (Å²) in [6.07, 6.45) is 4.27. The van der Waals surface area contributed by atoms with Crippen molar-refractivity contribution in [1.29, 1.82) is 0 Å². The van der Waals surface area contributed by atoms with Crippen LogP contribution in [0.4, 0.5) is 0 Å². The summed E-state index contributed by atoms with van der Waals surface area (Å²) in [6, 6.07) is 0. The number of hydrogen-bond donors (Lipinski definition) is 0. The summed E-state index contributed by atoms with van der Waals surface area (Å²) < 4.78 is 0. The first kappa shape index (κ1) is 8.57. The first-order valence-electron chi connectivity index (χ1n) is 4.48. The van der Waals surface area contributed by atoms with Gasteiger partial charge in [0.1, 0.15) is 0 Å². The molecular weight excluding hydrogens is 138 g/mol. The highest BCUT2D eigenvalue weighted by Gasteiger charge is 2.17. The van der Waals surface area contributed by atoms with E-state index in [0.29, 0.717) is 5.91 Å². The quantitative estimate of drug-likeness (QED) is 0.564. The van der Waals surface area contributed by atoms with Gasteiger partial charge in [0.05, 0.1) is 0 Å². The van der Waals surface area contributed by atoms with Gasteiger partial charge in [0.2, 0.25) is 5.91 Å². The molecule has 64 valence electrons. The second-order valence-electron chi connectivity index (χ2n) is 3.42. The Kier molecular flexibility index (Phi) is 2.92. The average Bonchev–Trinajstić information content (AvgIpc) is 2.16. The summed E-state index contributed by atoms with van der Waals surface area (Å²) in [5, 5.41) is 0. The van der Waals surface area contributed by atoms with E-state index in [1.807, 2.05) is 11.9 Å². The minimum Gasteiger partial charge on any atom is -0.346 e. The van der Waals surface area contributed by atoms with E-state index in [0.717, 1.165) is 25.3 Å². The summed E-state index contributed by atoms with van der Waals surface area (Å²) in [5.41, 5.74) is 0. The minimum absolute atomic E-state index is 0.320. The lowest BCUT2D eigenvalue weighted by Gasteiger charge is -2.13. The molecule has 1 heterocycles. The number of hydrogen-bond acceptors (Lipinski definition) is 1. The molecule has 1 aliphatic rings. The van der Waals surface area contributed by atoms with Crippen molar-refractivity contribution in [2.75, 3.05) is 13.6 Å². The van der Waals surface area contributed by atoms with Crippen molar-refractivity contribution in [2.24, 2.45) is 5.92 Å². The van der Waals surface area contributed by atoms with E-state index in [2.05, 4.69) is 6.92 Å². The van der Waals surface area contributed by atoms with E-state index in [9.17, 15) is 4.79 Å². The van der Waals surface area contributed by atoms with Crippen molar-refractivity contribution >= 4 is 5.91 Å². The molecule has 0 aromatic heterocycles. The highest BCUT2D eigenvalue weighted by molar-refractivity contribution is 5.76. The van der Waals surface area contributed by atoms with Gasteiger partial charge in [-0.05, 0) is 18.8 Å². The maximum Gasteiger partial charge on any atom is 0.222 e. The third kappa shape index (κ3) is 2.21. The van der Waals surface area contributed by atoms with Crippen molar-refractivity contribution < 1.29 is 4.79 Å². The minimum atomic E-state index is 0.320. The number of carbonyl (C=O) groups excluding carboxylic acids is 1. The molecule has 0 aliphatic carbocycles. The van der Waals surface area contributed by atoms with Gasteiger partial charge < -0.3 is 4.90 Å². The van der Waals surface area contributed by atoms with Crippen molar-refractivity contribution in [3.8, 4) is 0 Å². The fourth-order valence-corrected chi connectivity index (χ4v) is 1.57. The molecule has 1 saturated heterocycles. The van der Waals surface area contributed by atoms with Crippen LogP contribution < -0.4 is 0 Å². The lowest BCUT2D eigenvalue weighted by Crippen LogP contribution is -2.25. The zero-order valence-electron chi connectivity index (χ0n) is 7.47. The molecule has 1 atom stereocenters. The Morgan fingerprint density at radius 1 is 1.55 bits per heavy atom. The lowest BCUT2D eigenvalue weighted by atomic mass is 9.98. The fourth-order valence-electron chi connectivity index (χ4n) is 1.57. The number of likely N-dealkylation sites (tertiary alicyclic amines) is 1. The lowest BCUT2D eigenvalue weighted by molar-refractivity contribution is -0.129. The first-order valence-corrected chi connectivity index (χ1v) is 4.48. The molecule has 1 unspecified atom stereocenters. The molecule has 0 aromatic rings. The monoisotopic (exact) mass is 155 g/mol. The smallest absolute Gasteiger partial charge is 0.222 e. The first-order chi connectivity index (χ1) is 5.24. The van der Waals surface area contributed by atoms with Crippen LogP contribution in [0.15, 0.2) is 0 Å². The van der Waals surface area contributed by atoms with Gasteiger partial charge in [-0.25, -0.2) is 0 Å². The van der Waals surface area contributed by atoms with Crippen LogP contribution in [-0.2, 0) is 4.79 Å². The van der Waals surface area contributed by atoms with Crippen LogP contribution in [0.3, 0.4) is 0 Å². The predicted molar refractivity (Wildman–Crippen MR) is 45.3 cm³/mol. The topological polar surface area (TPSA) is 20.3 Å². The molecule has 1 amide bonds. The second-order valence-corrected chi connectivity index (χ2v) is 3.42. The van der Waals surface area contributed by atoms with E-state index in [1.165, 1.54) is 12.8 Å². The largest absolute Gasteiger partial charge is 0.346 e. The number of carbonyl (C=O) groups is 1. The van der Waals surface area contributed by atoms with Crippen LogP contribution >= 0.6 is 0 Å². The van der Waals surface area contributed by atoms with Gasteiger partial charge in [0.25, 0.3) is 0 Å². The zero-order valence-corrected chi connectivity index (χ0v) is 7.47. The second kappa shape index (κ2) is 3.74. The van der Waals surface area contributed by atoms with Gasteiger partial charge >= 0.3 is 0 Å². The SMILES string of the molecule is CCC1CCC(=O)N(C)CC1. The Hall–Kier alpha value is -0.530. The maximum atomic E-state index is 11.2. The highest BCUT2D eigenvalue weighted by Crippen LogP contribution is 2.19. The van der Waals surface area contributed by atoms with Crippen LogP contribution in [0, 0.1) is 5.92 Å². The molecule has 0 aromatic carbocycles. The van der Waals surface area contributed by atoms with Crippen LogP contribution in [0.5, 0.6) is 0 Å². The van der Waals surface area contributed by atoms with Gasteiger partial charge in [0.15, 0.2) is 0 Å². The number of nitrogens with zero attached hydrogens (tertiary/aromatic N) is 1. The van der Waals surface area contributed by atoms with Crippen molar-refractivity contribution in [2.45, 2.75) is 32.6 Å². The van der Waals surface area contributed by atoms with Crippen LogP contribution in [0.25, 0.3) is 0 Å². The number of amides is 1. The summed E-state index contributed by atoms with van der Waals surface area (Å²) in [6.45, 7) is 3.16. The summed E-state index contributed by atoms with van der Waals surface area (Å²) >= 11 is 0. The Labute approximate surface area is 68.6 Å². The highest BCUT2D eigenvalue weighted by atomic mass is 16.2. The Balaban J connectivity index is 2.44. The summed E-state index contributed by atoms with van der Waals surface area (Å²) in [4.78, 5) is 13.1. The van der Waals surface area contributed by atoms with Crippen LogP contribution in [0.2, 0.25) is 0 Å². The van der Waals surface area contributed by atoms with Crippen LogP contribution in [0.1, 0.15) is 32.6 Å². The van der Waals surface area contributed by atoms with E-state index in [4.69, 9.17) is 0 Å². The normalized spacial score (nSPS) is 26.9. The molecule has 1 aliphatic heterocycles. The Morgan fingerprint density at radius 3 is 2.91 bits per heavy atom. The third-order valence-corrected chi connectivity index (χ3v) is 2.64. The van der Waals surface area contributed by atoms with Gasteiger partial charge in [0, 0.05) is 20.0 Å². The molecule has 0 N–H and O–H groups in total. The molecule has 0 bridgehead atoms. The number of rotatable bonds is 1. The van der Waals surface area contributed by atoms with Gasteiger partial charge in [-0.2, -0.15) is 0 Å². The molecular formula is C9H17NO. The average molecular weight is 155 g/mol. The van der Waals surface area contributed by atoms with Gasteiger partial charge in [-0.3, -0.25) is 4.79 Å². The van der Waals surface area contributed by atoms with E-state index >= 15 is 0 Å². The van der Waals surface area contributed by atoms with Gasteiger partial charge in [-0.1, -0.05) is 13.3 Å². The molecule has 1 rings (SSSR count). The van der Waals surface area contributed by atoms with E-state index in [1.54, 1.807) is 0 Å².